The van der Waals surface area contributed by atoms with Crippen LogP contribution in [0.2, 0.25) is 0 Å². The van der Waals surface area contributed by atoms with E-state index in [1.807, 2.05) is 24.3 Å². The Kier molecular flexibility index (Phi) is 7.65. The zero-order valence-electron chi connectivity index (χ0n) is 18.7. The number of carbonyl (C=O) groups excluding carboxylic acids is 1. The first kappa shape index (κ1) is 26.1. The van der Waals surface area contributed by atoms with Crippen molar-refractivity contribution in [1.29, 1.82) is 0 Å². The van der Waals surface area contributed by atoms with Crippen LogP contribution < -0.4 is 5.32 Å². The van der Waals surface area contributed by atoms with Gasteiger partial charge in [-0.15, -0.1) is 0 Å². The van der Waals surface area contributed by atoms with E-state index in [1.54, 1.807) is 0 Å². The van der Waals surface area contributed by atoms with Gasteiger partial charge in [0.05, 0.1) is 22.6 Å². The molecule has 3 nitrogen and oxygen atoms in total. The smallest absolute Gasteiger partial charge is 0.396 e. The lowest BCUT2D eigenvalue weighted by Crippen LogP contribution is -2.48. The van der Waals surface area contributed by atoms with Gasteiger partial charge < -0.3 is 10.4 Å². The number of rotatable bonds is 6. The highest BCUT2D eigenvalue weighted by Crippen LogP contribution is 2.40. The normalized spacial score (nSPS) is 17.3. The summed E-state index contributed by atoms with van der Waals surface area (Å²) in [4.78, 5) is 13.2. The van der Waals surface area contributed by atoms with Crippen LogP contribution in [-0.2, 0) is 29.1 Å². The highest BCUT2D eigenvalue weighted by atomic mass is 19.4. The molecule has 0 unspecified atom stereocenters. The first-order valence-corrected chi connectivity index (χ1v) is 11.2. The number of aliphatic hydroxyl groups is 1. The van der Waals surface area contributed by atoms with Crippen LogP contribution in [0.5, 0.6) is 0 Å². The van der Waals surface area contributed by atoms with Gasteiger partial charge in [-0.25, -0.2) is 0 Å². The molecule has 1 fully saturated rings. The summed E-state index contributed by atoms with van der Waals surface area (Å²) in [7, 11) is 0. The molecule has 1 atom stereocenters. The standard InChI is InChI=1S/C25H27F6NO2/c1-16(18-13-20(24(26,27)28)15-21(14-18)25(29,30)31)22(34)32-23(10-3-2-4-11-23)19-7-5-17(6-8-19)9-12-33/h5-8,13-16,33H,2-4,9-12H2,1H3,(H,32,34)/t16-/m0/s1. The minimum absolute atomic E-state index is 0.00432. The monoisotopic (exact) mass is 487 g/mol. The molecule has 2 N–H and O–H groups in total. The third-order valence-electron chi connectivity index (χ3n) is 6.48. The van der Waals surface area contributed by atoms with E-state index in [0.717, 1.165) is 30.4 Å². The number of benzene rings is 2. The fraction of sp³-hybridized carbons (Fsp3) is 0.480. The van der Waals surface area contributed by atoms with Crippen molar-refractivity contribution >= 4 is 5.91 Å². The van der Waals surface area contributed by atoms with Crippen molar-refractivity contribution in [2.75, 3.05) is 6.61 Å². The molecule has 186 valence electrons. The number of nitrogens with one attached hydrogen (secondary N) is 1. The second-order valence-corrected chi connectivity index (χ2v) is 8.86. The van der Waals surface area contributed by atoms with Gasteiger partial charge in [0.25, 0.3) is 0 Å². The van der Waals surface area contributed by atoms with Gasteiger partial charge in [0, 0.05) is 6.61 Å². The lowest BCUT2D eigenvalue weighted by molar-refractivity contribution is -0.143. The molecule has 0 saturated heterocycles. The van der Waals surface area contributed by atoms with Crippen molar-refractivity contribution in [2.45, 2.75) is 69.3 Å². The maximum atomic E-state index is 13.3. The second-order valence-electron chi connectivity index (χ2n) is 8.86. The molecule has 2 aromatic carbocycles. The molecule has 0 aliphatic heterocycles. The molecule has 0 spiro atoms. The first-order chi connectivity index (χ1) is 15.9. The Balaban J connectivity index is 1.93. The molecule has 9 heteroatoms. The van der Waals surface area contributed by atoms with Gasteiger partial charge >= 0.3 is 12.4 Å². The Morgan fingerprint density at radius 3 is 1.94 bits per heavy atom. The van der Waals surface area contributed by atoms with E-state index < -0.39 is 40.8 Å². The molecule has 0 radical (unpaired) electrons. The molecule has 0 bridgehead atoms. The van der Waals surface area contributed by atoms with E-state index in [0.29, 0.717) is 31.4 Å². The zero-order valence-corrected chi connectivity index (χ0v) is 18.7. The predicted octanol–water partition coefficient (Wildman–Crippen LogP) is 6.34. The van der Waals surface area contributed by atoms with Gasteiger partial charge in [-0.05, 0) is 61.1 Å². The van der Waals surface area contributed by atoms with E-state index in [2.05, 4.69) is 5.32 Å². The predicted molar refractivity (Wildman–Crippen MR) is 115 cm³/mol. The lowest BCUT2D eigenvalue weighted by Gasteiger charge is -2.39. The summed E-state index contributed by atoms with van der Waals surface area (Å²) in [5, 5.41) is 12.1. The summed E-state index contributed by atoms with van der Waals surface area (Å²) >= 11 is 0. The third-order valence-corrected chi connectivity index (χ3v) is 6.48. The van der Waals surface area contributed by atoms with Crippen molar-refractivity contribution in [3.8, 4) is 0 Å². The van der Waals surface area contributed by atoms with Gasteiger partial charge in [0.15, 0.2) is 0 Å². The minimum Gasteiger partial charge on any atom is -0.396 e. The van der Waals surface area contributed by atoms with Crippen molar-refractivity contribution < 1.29 is 36.2 Å². The van der Waals surface area contributed by atoms with Crippen LogP contribution in [0.25, 0.3) is 0 Å². The van der Waals surface area contributed by atoms with Crippen LogP contribution in [0.3, 0.4) is 0 Å². The number of alkyl halides is 6. The van der Waals surface area contributed by atoms with E-state index >= 15 is 0 Å². The fourth-order valence-electron chi connectivity index (χ4n) is 4.49. The van der Waals surface area contributed by atoms with Gasteiger partial charge in [-0.3, -0.25) is 4.79 Å². The minimum atomic E-state index is -4.98. The van der Waals surface area contributed by atoms with Crippen LogP contribution >= 0.6 is 0 Å². The highest BCUT2D eigenvalue weighted by molar-refractivity contribution is 5.84. The first-order valence-electron chi connectivity index (χ1n) is 11.2. The van der Waals surface area contributed by atoms with Crippen LogP contribution in [0.1, 0.15) is 72.8 Å². The Hall–Kier alpha value is -2.55. The quantitative estimate of drug-likeness (QED) is 0.468. The third kappa shape index (κ3) is 5.92. The molecule has 1 amide bonds. The van der Waals surface area contributed by atoms with Gasteiger partial charge in [-0.2, -0.15) is 26.3 Å². The Bertz CT molecular complexity index is 960. The van der Waals surface area contributed by atoms with Crippen molar-refractivity contribution in [1.82, 2.24) is 5.32 Å². The van der Waals surface area contributed by atoms with Crippen LogP contribution in [0.4, 0.5) is 26.3 Å². The maximum absolute atomic E-state index is 13.3. The number of amides is 1. The fourth-order valence-corrected chi connectivity index (χ4v) is 4.49. The lowest BCUT2D eigenvalue weighted by atomic mass is 9.76. The average Bonchev–Trinajstić information content (AvgIpc) is 2.78. The Morgan fingerprint density at radius 2 is 1.47 bits per heavy atom. The SMILES string of the molecule is C[C@H](C(=O)NC1(c2ccc(CCO)cc2)CCCCC1)c1cc(C(F)(F)F)cc(C(F)(F)F)c1. The largest absolute Gasteiger partial charge is 0.416 e. The van der Waals surface area contributed by atoms with Gasteiger partial charge in [0.2, 0.25) is 5.91 Å². The number of aliphatic hydroxyl groups excluding tert-OH is 1. The number of hydrogen-bond donors (Lipinski definition) is 2. The highest BCUT2D eigenvalue weighted by Gasteiger charge is 2.39. The molecule has 0 aromatic heterocycles. The average molecular weight is 487 g/mol. The summed E-state index contributed by atoms with van der Waals surface area (Å²) < 4.78 is 79.6. The summed E-state index contributed by atoms with van der Waals surface area (Å²) in [5.41, 5.74) is -2.23. The summed E-state index contributed by atoms with van der Waals surface area (Å²) in [6, 6.07) is 8.68. The molecular formula is C25H27F6NO2. The van der Waals surface area contributed by atoms with E-state index in [9.17, 15) is 31.1 Å². The molecule has 2 aromatic rings. The van der Waals surface area contributed by atoms with Crippen molar-refractivity contribution in [2.24, 2.45) is 0 Å². The number of hydrogen-bond acceptors (Lipinski definition) is 2. The van der Waals surface area contributed by atoms with E-state index in [1.165, 1.54) is 6.92 Å². The maximum Gasteiger partial charge on any atom is 0.416 e. The van der Waals surface area contributed by atoms with Crippen molar-refractivity contribution in [3.05, 3.63) is 70.3 Å². The molecule has 34 heavy (non-hydrogen) atoms. The van der Waals surface area contributed by atoms with Crippen molar-refractivity contribution in [3.63, 3.8) is 0 Å². The summed E-state index contributed by atoms with van der Waals surface area (Å²) in [6.45, 7) is 1.31. The van der Waals surface area contributed by atoms with Crippen LogP contribution in [0.15, 0.2) is 42.5 Å². The number of halogens is 6. The molecular weight excluding hydrogens is 460 g/mol. The Morgan fingerprint density at radius 1 is 0.941 bits per heavy atom. The van der Waals surface area contributed by atoms with E-state index in [-0.39, 0.29) is 18.2 Å². The van der Waals surface area contributed by atoms with Crippen LogP contribution in [-0.4, -0.2) is 17.6 Å². The van der Waals surface area contributed by atoms with E-state index in [4.69, 9.17) is 5.11 Å². The molecule has 1 aliphatic rings. The molecule has 0 heterocycles. The molecule has 3 rings (SSSR count). The number of carbonyl (C=O) groups is 1. The van der Waals surface area contributed by atoms with Crippen LogP contribution in [0, 0.1) is 0 Å². The molecule has 1 aliphatic carbocycles. The molecule has 1 saturated carbocycles. The Labute approximate surface area is 194 Å². The summed E-state index contributed by atoms with van der Waals surface area (Å²) in [5.74, 6) is -1.86. The van der Waals surface area contributed by atoms with Gasteiger partial charge in [-0.1, -0.05) is 43.5 Å². The zero-order chi connectivity index (χ0) is 25.1. The summed E-state index contributed by atoms with van der Waals surface area (Å²) in [6.07, 6.45) is -5.63. The van der Waals surface area contributed by atoms with Gasteiger partial charge in [0.1, 0.15) is 0 Å². The second kappa shape index (κ2) is 9.98. The topological polar surface area (TPSA) is 49.3 Å².